The molecule has 4 nitrogen and oxygen atoms in total. The van der Waals surface area contributed by atoms with E-state index in [2.05, 4.69) is 11.0 Å². The van der Waals surface area contributed by atoms with Gasteiger partial charge in [0.15, 0.2) is 0 Å². The summed E-state index contributed by atoms with van der Waals surface area (Å²) in [4.78, 5) is 12.8. The van der Waals surface area contributed by atoms with Gasteiger partial charge in [0.25, 0.3) is 0 Å². The molecule has 1 aliphatic carbocycles. The maximum absolute atomic E-state index is 10.7. The van der Waals surface area contributed by atoms with Gasteiger partial charge in [0.05, 0.1) is 12.5 Å². The highest BCUT2D eigenvalue weighted by Crippen LogP contribution is 2.49. The van der Waals surface area contributed by atoms with Crippen molar-refractivity contribution in [3.8, 4) is 6.07 Å². The van der Waals surface area contributed by atoms with Crippen LogP contribution in [0.3, 0.4) is 0 Å². The van der Waals surface area contributed by atoms with Gasteiger partial charge >= 0.3 is 5.97 Å². The fraction of sp³-hybridized carbons (Fsp3) is 0.833. The fourth-order valence-electron chi connectivity index (χ4n) is 2.13. The Labute approximate surface area is 96.9 Å². The SMILES string of the molecule is CCN(CC1(CC#N)CC1)C(C)CC(=O)O. The summed E-state index contributed by atoms with van der Waals surface area (Å²) in [6.45, 7) is 5.70. The van der Waals surface area contributed by atoms with Crippen LogP contribution in [-0.4, -0.2) is 35.1 Å². The highest BCUT2D eigenvalue weighted by molar-refractivity contribution is 5.67. The second-order valence-corrected chi connectivity index (χ2v) is 4.84. The zero-order valence-electron chi connectivity index (χ0n) is 10.1. The minimum atomic E-state index is -0.754. The van der Waals surface area contributed by atoms with E-state index >= 15 is 0 Å². The van der Waals surface area contributed by atoms with Crippen molar-refractivity contribution in [2.45, 2.75) is 45.6 Å². The molecule has 0 aromatic rings. The molecule has 90 valence electrons. The molecule has 0 heterocycles. The van der Waals surface area contributed by atoms with Crippen LogP contribution < -0.4 is 0 Å². The van der Waals surface area contributed by atoms with E-state index in [-0.39, 0.29) is 17.9 Å². The first kappa shape index (κ1) is 13.0. The average molecular weight is 224 g/mol. The van der Waals surface area contributed by atoms with Gasteiger partial charge in [-0.2, -0.15) is 5.26 Å². The number of hydrogen-bond acceptors (Lipinski definition) is 3. The number of rotatable bonds is 7. The van der Waals surface area contributed by atoms with Crippen molar-refractivity contribution in [2.75, 3.05) is 13.1 Å². The van der Waals surface area contributed by atoms with Crippen LogP contribution in [0.4, 0.5) is 0 Å². The molecule has 4 heteroatoms. The van der Waals surface area contributed by atoms with Gasteiger partial charge < -0.3 is 5.11 Å². The summed E-state index contributed by atoms with van der Waals surface area (Å²) in [7, 11) is 0. The van der Waals surface area contributed by atoms with Gasteiger partial charge in [-0.05, 0) is 31.7 Å². The minimum absolute atomic E-state index is 0.0543. The predicted molar refractivity (Wildman–Crippen MR) is 60.9 cm³/mol. The van der Waals surface area contributed by atoms with Crippen LogP contribution in [-0.2, 0) is 4.79 Å². The lowest BCUT2D eigenvalue weighted by atomic mass is 10.0. The van der Waals surface area contributed by atoms with Crippen LogP contribution >= 0.6 is 0 Å². The van der Waals surface area contributed by atoms with Crippen LogP contribution in [0.5, 0.6) is 0 Å². The number of carboxylic acids is 1. The lowest BCUT2D eigenvalue weighted by Crippen LogP contribution is -2.38. The quantitative estimate of drug-likeness (QED) is 0.717. The molecule has 16 heavy (non-hydrogen) atoms. The first-order chi connectivity index (χ1) is 7.53. The first-order valence-electron chi connectivity index (χ1n) is 5.86. The van der Waals surface area contributed by atoms with Crippen molar-refractivity contribution in [3.05, 3.63) is 0 Å². The smallest absolute Gasteiger partial charge is 0.304 e. The predicted octanol–water partition coefficient (Wildman–Crippen LogP) is 1.87. The average Bonchev–Trinajstić information content (AvgIpc) is 2.94. The Balaban J connectivity index is 2.49. The molecular weight excluding hydrogens is 204 g/mol. The summed E-state index contributed by atoms with van der Waals surface area (Å²) in [5.41, 5.74) is 0.164. The highest BCUT2D eigenvalue weighted by Gasteiger charge is 2.44. The molecule has 0 amide bonds. The number of aliphatic carboxylic acids is 1. The first-order valence-corrected chi connectivity index (χ1v) is 5.86. The van der Waals surface area contributed by atoms with Crippen LogP contribution in [0.1, 0.15) is 39.5 Å². The molecule has 1 N–H and O–H groups in total. The molecule has 0 spiro atoms. The van der Waals surface area contributed by atoms with E-state index in [9.17, 15) is 4.79 Å². The lowest BCUT2D eigenvalue weighted by Gasteiger charge is -2.30. The molecule has 1 saturated carbocycles. The van der Waals surface area contributed by atoms with Crippen LogP contribution in [0.25, 0.3) is 0 Å². The van der Waals surface area contributed by atoms with Crippen molar-refractivity contribution in [1.82, 2.24) is 4.90 Å². The molecule has 0 saturated heterocycles. The summed E-state index contributed by atoms with van der Waals surface area (Å²) in [5.74, 6) is -0.754. The Kier molecular flexibility index (Phi) is 4.31. The number of carboxylic acid groups (broad SMARTS) is 1. The second-order valence-electron chi connectivity index (χ2n) is 4.84. The standard InChI is InChI=1S/C12H20N2O2/c1-3-14(10(2)8-11(15)16)9-12(4-5-12)6-7-13/h10H,3-6,8-9H2,1-2H3,(H,15,16). The number of nitrogens with zero attached hydrogens (tertiary/aromatic N) is 2. The highest BCUT2D eigenvalue weighted by atomic mass is 16.4. The molecule has 1 atom stereocenters. The van der Waals surface area contributed by atoms with Gasteiger partial charge in [-0.1, -0.05) is 6.92 Å². The molecule has 0 aromatic heterocycles. The van der Waals surface area contributed by atoms with Gasteiger partial charge in [0.1, 0.15) is 0 Å². The minimum Gasteiger partial charge on any atom is -0.481 e. The monoisotopic (exact) mass is 224 g/mol. The lowest BCUT2D eigenvalue weighted by molar-refractivity contribution is -0.138. The van der Waals surface area contributed by atoms with Gasteiger partial charge in [0.2, 0.25) is 0 Å². The molecule has 0 aromatic carbocycles. The van der Waals surface area contributed by atoms with Crippen LogP contribution in [0.15, 0.2) is 0 Å². The Bertz CT molecular complexity index is 292. The van der Waals surface area contributed by atoms with Crippen LogP contribution in [0, 0.1) is 16.7 Å². The summed E-state index contributed by atoms with van der Waals surface area (Å²) < 4.78 is 0. The molecule has 0 aliphatic heterocycles. The third kappa shape index (κ3) is 3.49. The Morgan fingerprint density at radius 3 is 2.62 bits per heavy atom. The van der Waals surface area contributed by atoms with E-state index in [0.717, 1.165) is 25.9 Å². The van der Waals surface area contributed by atoms with Crippen molar-refractivity contribution in [3.63, 3.8) is 0 Å². The van der Waals surface area contributed by atoms with Gasteiger partial charge in [0, 0.05) is 19.0 Å². The van der Waals surface area contributed by atoms with E-state index in [1.165, 1.54) is 0 Å². The zero-order chi connectivity index (χ0) is 12.2. The maximum atomic E-state index is 10.7. The summed E-state index contributed by atoms with van der Waals surface area (Å²) in [6, 6.07) is 2.29. The van der Waals surface area contributed by atoms with Crippen LogP contribution in [0.2, 0.25) is 0 Å². The number of nitriles is 1. The topological polar surface area (TPSA) is 64.3 Å². The summed E-state index contributed by atoms with van der Waals surface area (Å²) >= 11 is 0. The third-order valence-electron chi connectivity index (χ3n) is 3.45. The Morgan fingerprint density at radius 2 is 2.25 bits per heavy atom. The molecule has 1 unspecified atom stereocenters. The Morgan fingerprint density at radius 1 is 1.62 bits per heavy atom. The van der Waals surface area contributed by atoms with Gasteiger partial charge in [-0.15, -0.1) is 0 Å². The molecule has 1 rings (SSSR count). The zero-order valence-corrected chi connectivity index (χ0v) is 10.1. The Hall–Kier alpha value is -1.08. The van der Waals surface area contributed by atoms with Gasteiger partial charge in [-0.3, -0.25) is 9.69 Å². The molecule has 1 aliphatic rings. The second kappa shape index (κ2) is 5.31. The van der Waals surface area contributed by atoms with Crippen molar-refractivity contribution >= 4 is 5.97 Å². The van der Waals surface area contributed by atoms with E-state index in [1.807, 2.05) is 13.8 Å². The largest absolute Gasteiger partial charge is 0.481 e. The van der Waals surface area contributed by atoms with E-state index < -0.39 is 5.97 Å². The number of carbonyl (C=O) groups is 1. The van der Waals surface area contributed by atoms with E-state index in [1.54, 1.807) is 0 Å². The molecule has 1 fully saturated rings. The van der Waals surface area contributed by atoms with Crippen molar-refractivity contribution in [2.24, 2.45) is 5.41 Å². The normalized spacial score (nSPS) is 19.1. The van der Waals surface area contributed by atoms with E-state index in [4.69, 9.17) is 10.4 Å². The fourth-order valence-corrected chi connectivity index (χ4v) is 2.13. The van der Waals surface area contributed by atoms with Crippen molar-refractivity contribution in [1.29, 1.82) is 5.26 Å². The summed E-state index contributed by atoms with van der Waals surface area (Å²) in [5, 5.41) is 17.5. The summed E-state index contributed by atoms with van der Waals surface area (Å²) in [6.07, 6.45) is 2.99. The number of hydrogen-bond donors (Lipinski definition) is 1. The van der Waals surface area contributed by atoms with E-state index in [0.29, 0.717) is 6.42 Å². The molecule has 0 radical (unpaired) electrons. The third-order valence-corrected chi connectivity index (χ3v) is 3.45. The molecular formula is C12H20N2O2. The van der Waals surface area contributed by atoms with Crippen molar-refractivity contribution < 1.29 is 9.90 Å². The van der Waals surface area contributed by atoms with Gasteiger partial charge in [-0.25, -0.2) is 0 Å². The molecule has 0 bridgehead atoms. The maximum Gasteiger partial charge on any atom is 0.304 e.